The summed E-state index contributed by atoms with van der Waals surface area (Å²) in [5, 5.41) is 0. The highest BCUT2D eigenvalue weighted by Gasteiger charge is 2.34. The Morgan fingerprint density at radius 1 is 1.42 bits per heavy atom. The molecule has 19 heavy (non-hydrogen) atoms. The number of quaternary nitrogens is 1. The maximum absolute atomic E-state index is 12.4. The van der Waals surface area contributed by atoms with E-state index in [4.69, 9.17) is 4.74 Å². The second-order valence-corrected chi connectivity index (χ2v) is 5.96. The second-order valence-electron chi connectivity index (χ2n) is 5.96. The van der Waals surface area contributed by atoms with Crippen molar-refractivity contribution in [3.63, 3.8) is 0 Å². The first kappa shape index (κ1) is 13.9. The molecule has 1 heterocycles. The maximum atomic E-state index is 12.4. The largest absolute Gasteiger partial charge is 0.443 e. The van der Waals surface area contributed by atoms with Gasteiger partial charge in [0.1, 0.15) is 5.60 Å². The summed E-state index contributed by atoms with van der Waals surface area (Å²) in [5.74, 6) is 0. The average molecular weight is 263 g/mol. The van der Waals surface area contributed by atoms with Crippen LogP contribution in [0.3, 0.4) is 0 Å². The van der Waals surface area contributed by atoms with Crippen molar-refractivity contribution in [3.8, 4) is 0 Å². The van der Waals surface area contributed by atoms with E-state index in [1.807, 2.05) is 39.0 Å². The molecule has 4 heteroatoms. The van der Waals surface area contributed by atoms with Crippen molar-refractivity contribution in [2.75, 3.05) is 11.4 Å². The zero-order chi connectivity index (χ0) is 14.0. The van der Waals surface area contributed by atoms with Gasteiger partial charge in [-0.2, -0.15) is 0 Å². The predicted octanol–water partition coefficient (Wildman–Crippen LogP) is 1.98. The molecule has 0 saturated heterocycles. The van der Waals surface area contributed by atoms with Crippen molar-refractivity contribution in [3.05, 3.63) is 29.8 Å². The molecule has 104 valence electrons. The third kappa shape index (κ3) is 3.07. The van der Waals surface area contributed by atoms with Crippen molar-refractivity contribution in [2.45, 2.75) is 45.3 Å². The highest BCUT2D eigenvalue weighted by Crippen LogP contribution is 2.31. The van der Waals surface area contributed by atoms with Crippen LogP contribution in [0.15, 0.2) is 24.3 Å². The number of rotatable bonds is 1. The molecule has 1 aromatic carbocycles. The number of benzene rings is 1. The number of hydrogen-bond acceptors (Lipinski definition) is 2. The Morgan fingerprint density at radius 2 is 2.11 bits per heavy atom. The summed E-state index contributed by atoms with van der Waals surface area (Å²) in [5.41, 5.74) is 5.66. The fourth-order valence-electron chi connectivity index (χ4n) is 2.44. The second kappa shape index (κ2) is 5.21. The summed E-state index contributed by atoms with van der Waals surface area (Å²) in [4.78, 5) is 14.2. The topological polar surface area (TPSA) is 57.2 Å². The lowest BCUT2D eigenvalue weighted by Gasteiger charge is -2.36. The number of hydrogen-bond donors (Lipinski definition) is 1. The van der Waals surface area contributed by atoms with Gasteiger partial charge in [-0.3, -0.25) is 4.90 Å². The fraction of sp³-hybridized carbons (Fsp3) is 0.533. The molecule has 0 radical (unpaired) electrons. The number of aryl methyl sites for hydroxylation is 1. The highest BCUT2D eigenvalue weighted by atomic mass is 16.6. The minimum Gasteiger partial charge on any atom is -0.443 e. The molecule has 0 aromatic heterocycles. The van der Waals surface area contributed by atoms with Crippen LogP contribution < -0.4 is 10.6 Å². The van der Waals surface area contributed by atoms with Crippen LogP contribution >= 0.6 is 0 Å². The Kier molecular flexibility index (Phi) is 3.80. The van der Waals surface area contributed by atoms with Crippen molar-refractivity contribution in [1.82, 2.24) is 0 Å². The average Bonchev–Trinajstić information content (AvgIpc) is 2.35. The molecule has 3 N–H and O–H groups in total. The Balaban J connectivity index is 2.32. The normalized spacial score (nSPS) is 18.9. The van der Waals surface area contributed by atoms with Crippen molar-refractivity contribution < 1.29 is 15.3 Å². The zero-order valence-electron chi connectivity index (χ0n) is 12.0. The van der Waals surface area contributed by atoms with E-state index in [-0.39, 0.29) is 12.1 Å². The molecular weight excluding hydrogens is 240 g/mol. The number of nitrogens with zero attached hydrogens (tertiary/aromatic N) is 1. The summed E-state index contributed by atoms with van der Waals surface area (Å²) in [6, 6.07) is 8.16. The van der Waals surface area contributed by atoms with Crippen LogP contribution in [-0.4, -0.2) is 24.3 Å². The van der Waals surface area contributed by atoms with Crippen LogP contribution in [-0.2, 0) is 11.2 Å². The molecule has 0 saturated carbocycles. The van der Waals surface area contributed by atoms with E-state index < -0.39 is 5.60 Å². The summed E-state index contributed by atoms with van der Waals surface area (Å²) in [6.45, 7) is 6.37. The third-order valence-electron chi connectivity index (χ3n) is 3.29. The van der Waals surface area contributed by atoms with Gasteiger partial charge in [-0.25, -0.2) is 4.79 Å². The van der Waals surface area contributed by atoms with Gasteiger partial charge in [0.2, 0.25) is 0 Å². The third-order valence-corrected chi connectivity index (χ3v) is 3.29. The Morgan fingerprint density at radius 3 is 2.74 bits per heavy atom. The first-order valence-corrected chi connectivity index (χ1v) is 6.82. The first-order valence-electron chi connectivity index (χ1n) is 6.82. The lowest BCUT2D eigenvalue weighted by Crippen LogP contribution is -2.62. The van der Waals surface area contributed by atoms with Crippen molar-refractivity contribution in [1.29, 1.82) is 0 Å². The lowest BCUT2D eigenvalue weighted by molar-refractivity contribution is -0.371. The first-order chi connectivity index (χ1) is 8.92. The van der Waals surface area contributed by atoms with E-state index in [0.717, 1.165) is 18.5 Å². The summed E-state index contributed by atoms with van der Waals surface area (Å²) in [6.07, 6.45) is 1.67. The highest BCUT2D eigenvalue weighted by molar-refractivity contribution is 5.90. The standard InChI is InChI=1S/C15H22N2O2/c1-15(2,3)19-14(18)17-12(10-16)9-8-11-6-4-5-7-13(11)17/h4-7,12H,8-10,16H2,1-3H3/p+1/t12-/m1/s1. The van der Waals surface area contributed by atoms with Gasteiger partial charge in [0.25, 0.3) is 0 Å². The van der Waals surface area contributed by atoms with E-state index in [9.17, 15) is 4.79 Å². The molecule has 1 atom stereocenters. The number of para-hydroxylation sites is 1. The van der Waals surface area contributed by atoms with Crippen LogP contribution in [0, 0.1) is 0 Å². The smallest absolute Gasteiger partial charge is 0.415 e. The molecular formula is C15H23N2O2+. The van der Waals surface area contributed by atoms with Gasteiger partial charge < -0.3 is 10.5 Å². The van der Waals surface area contributed by atoms with Gasteiger partial charge in [-0.15, -0.1) is 0 Å². The minimum atomic E-state index is -0.477. The maximum Gasteiger partial charge on any atom is 0.415 e. The molecule has 0 fully saturated rings. The number of carbonyl (C=O) groups is 1. The molecule has 1 aromatic rings. The number of ether oxygens (including phenoxy) is 1. The van der Waals surface area contributed by atoms with Gasteiger partial charge in [0, 0.05) is 0 Å². The number of carbonyl (C=O) groups excluding carboxylic acids is 1. The summed E-state index contributed by atoms with van der Waals surface area (Å²) in [7, 11) is 0. The van der Waals surface area contributed by atoms with E-state index >= 15 is 0 Å². The molecule has 1 aliphatic heterocycles. The fourth-order valence-corrected chi connectivity index (χ4v) is 2.44. The predicted molar refractivity (Wildman–Crippen MR) is 75.0 cm³/mol. The van der Waals surface area contributed by atoms with Crippen LogP contribution in [0.1, 0.15) is 32.8 Å². The molecule has 0 spiro atoms. The van der Waals surface area contributed by atoms with Crippen LogP contribution in [0.2, 0.25) is 0 Å². The Bertz CT molecular complexity index is 465. The number of amides is 1. The monoisotopic (exact) mass is 263 g/mol. The van der Waals surface area contributed by atoms with Gasteiger partial charge in [-0.05, 0) is 45.2 Å². The van der Waals surface area contributed by atoms with Gasteiger partial charge in [0.15, 0.2) is 0 Å². The van der Waals surface area contributed by atoms with Gasteiger partial charge >= 0.3 is 6.09 Å². The zero-order valence-corrected chi connectivity index (χ0v) is 12.0. The van der Waals surface area contributed by atoms with E-state index in [2.05, 4.69) is 11.8 Å². The molecule has 0 bridgehead atoms. The van der Waals surface area contributed by atoms with Crippen molar-refractivity contribution in [2.24, 2.45) is 0 Å². The Labute approximate surface area is 114 Å². The quantitative estimate of drug-likeness (QED) is 0.842. The van der Waals surface area contributed by atoms with Crippen molar-refractivity contribution >= 4 is 11.8 Å². The van der Waals surface area contributed by atoms with Crippen LogP contribution in [0.25, 0.3) is 0 Å². The summed E-state index contributed by atoms with van der Waals surface area (Å²) < 4.78 is 5.53. The molecule has 1 amide bonds. The van der Waals surface area contributed by atoms with E-state index in [1.165, 1.54) is 5.56 Å². The van der Waals surface area contributed by atoms with E-state index in [0.29, 0.717) is 6.54 Å². The SMILES string of the molecule is CC(C)(C)OC(=O)N1c2ccccc2CC[C@@H]1C[NH3+]. The minimum absolute atomic E-state index is 0.129. The number of fused-ring (bicyclic) bond motifs is 1. The summed E-state index contributed by atoms with van der Waals surface area (Å²) >= 11 is 0. The van der Waals surface area contributed by atoms with E-state index in [1.54, 1.807) is 4.90 Å². The van der Waals surface area contributed by atoms with Crippen LogP contribution in [0.5, 0.6) is 0 Å². The molecule has 0 aliphatic carbocycles. The van der Waals surface area contributed by atoms with Crippen LogP contribution in [0.4, 0.5) is 10.5 Å². The number of anilines is 1. The molecule has 2 rings (SSSR count). The molecule has 1 aliphatic rings. The lowest BCUT2D eigenvalue weighted by atomic mass is 9.96. The molecule has 0 unspecified atom stereocenters. The van der Waals surface area contributed by atoms with Gasteiger partial charge in [-0.1, -0.05) is 18.2 Å². The molecule has 4 nitrogen and oxygen atoms in total. The van der Waals surface area contributed by atoms with Gasteiger partial charge in [0.05, 0.1) is 18.3 Å². The Hall–Kier alpha value is -1.55.